The molecular weight excluding hydrogens is 538 g/mol. The van der Waals surface area contributed by atoms with Crippen molar-refractivity contribution in [3.05, 3.63) is 50.6 Å². The molecule has 13 heteroatoms. The molecule has 0 aliphatic carbocycles. The number of amides is 2. The molecular formula is C24H28ClN5O5S2. The van der Waals surface area contributed by atoms with Crippen molar-refractivity contribution in [2.45, 2.75) is 39.1 Å². The molecule has 198 valence electrons. The number of ether oxygens (including phenoxy) is 2. The van der Waals surface area contributed by atoms with E-state index in [0.29, 0.717) is 38.7 Å². The predicted octanol–water partition coefficient (Wildman–Crippen LogP) is 4.43. The van der Waals surface area contributed by atoms with E-state index in [1.165, 1.54) is 23.8 Å². The first-order valence-corrected chi connectivity index (χ1v) is 13.4. The van der Waals surface area contributed by atoms with E-state index < -0.39 is 5.97 Å². The first-order valence-electron chi connectivity index (χ1n) is 11.2. The number of carbonyl (C=O) groups excluding carboxylic acids is 3. The number of methoxy groups -OCH3 is 1. The molecule has 1 N–H and O–H groups in total. The van der Waals surface area contributed by atoms with Gasteiger partial charge in [0.25, 0.3) is 5.91 Å². The molecule has 0 aliphatic rings. The van der Waals surface area contributed by atoms with Crippen LogP contribution in [0.2, 0.25) is 5.02 Å². The summed E-state index contributed by atoms with van der Waals surface area (Å²) < 4.78 is 12.6. The number of thiophene rings is 1. The topological polar surface area (TPSA) is 116 Å². The van der Waals surface area contributed by atoms with Crippen LogP contribution in [-0.4, -0.2) is 64.4 Å². The first-order chi connectivity index (χ1) is 17.6. The van der Waals surface area contributed by atoms with Crippen molar-refractivity contribution in [1.29, 1.82) is 0 Å². The van der Waals surface area contributed by atoms with Gasteiger partial charge < -0.3 is 24.3 Å². The fourth-order valence-electron chi connectivity index (χ4n) is 3.35. The molecule has 0 saturated heterocycles. The lowest BCUT2D eigenvalue weighted by Crippen LogP contribution is -2.21. The van der Waals surface area contributed by atoms with Crippen LogP contribution in [0.25, 0.3) is 0 Å². The number of hydrogen-bond acceptors (Lipinski definition) is 9. The van der Waals surface area contributed by atoms with Crippen LogP contribution in [0.1, 0.15) is 43.9 Å². The minimum Gasteiger partial charge on any atom is -0.486 e. The number of aromatic nitrogens is 3. The number of benzene rings is 1. The number of esters is 1. The molecule has 0 spiro atoms. The number of nitrogens with zero attached hydrogens (tertiary/aromatic N) is 4. The lowest BCUT2D eigenvalue weighted by atomic mass is 10.1. The molecule has 3 rings (SSSR count). The second-order valence-electron chi connectivity index (χ2n) is 8.13. The maximum Gasteiger partial charge on any atom is 0.341 e. The average Bonchev–Trinajstić information content (AvgIpc) is 3.41. The molecule has 3 aromatic rings. The van der Waals surface area contributed by atoms with Crippen LogP contribution >= 0.6 is 34.7 Å². The van der Waals surface area contributed by atoms with E-state index in [-0.39, 0.29) is 34.7 Å². The normalized spacial score (nSPS) is 10.8. The molecule has 10 nitrogen and oxygen atoms in total. The van der Waals surface area contributed by atoms with Crippen molar-refractivity contribution < 1.29 is 23.9 Å². The van der Waals surface area contributed by atoms with E-state index >= 15 is 0 Å². The monoisotopic (exact) mass is 565 g/mol. The summed E-state index contributed by atoms with van der Waals surface area (Å²) in [4.78, 5) is 39.4. The summed E-state index contributed by atoms with van der Waals surface area (Å²) in [6.07, 6.45) is 0. The fourth-order valence-corrected chi connectivity index (χ4v) is 5.53. The summed E-state index contributed by atoms with van der Waals surface area (Å²) in [5.41, 5.74) is 1.54. The molecule has 0 fully saturated rings. The number of carbonyl (C=O) groups is 3. The van der Waals surface area contributed by atoms with Crippen molar-refractivity contribution >= 4 is 57.5 Å². The number of rotatable bonds is 10. The number of aryl methyl sites for hydroxylation is 1. The summed E-state index contributed by atoms with van der Waals surface area (Å²) in [5, 5.41) is 12.7. The summed E-state index contributed by atoms with van der Waals surface area (Å²) in [5.74, 6) is 0.0555. The Morgan fingerprint density at radius 2 is 1.95 bits per heavy atom. The van der Waals surface area contributed by atoms with Crippen LogP contribution in [0.5, 0.6) is 5.75 Å². The molecule has 0 saturated carbocycles. The number of nitrogens with one attached hydrogen (secondary N) is 1. The van der Waals surface area contributed by atoms with Crippen molar-refractivity contribution in [1.82, 2.24) is 19.7 Å². The number of thioether (sulfide) groups is 1. The molecule has 2 aromatic heterocycles. The van der Waals surface area contributed by atoms with Gasteiger partial charge in [-0.2, -0.15) is 0 Å². The number of halogens is 1. The van der Waals surface area contributed by atoms with Crippen LogP contribution in [0.15, 0.2) is 23.4 Å². The Morgan fingerprint density at radius 1 is 1.22 bits per heavy atom. The second kappa shape index (κ2) is 12.4. The zero-order valence-electron chi connectivity index (χ0n) is 21.4. The molecule has 0 unspecified atom stereocenters. The maximum atomic E-state index is 12.8. The summed E-state index contributed by atoms with van der Waals surface area (Å²) in [7, 11) is 4.49. The SMILES string of the molecule is CCn1c(COc2ccc(Cl)c(C)c2)nnc1SCC(=O)Nc1sc(C(=O)N(C)C)c(C)c1C(=O)OC. The summed E-state index contributed by atoms with van der Waals surface area (Å²) >= 11 is 8.32. The second-order valence-corrected chi connectivity index (χ2v) is 10.5. The van der Waals surface area contributed by atoms with Gasteiger partial charge in [0.05, 0.1) is 23.3 Å². The highest BCUT2D eigenvalue weighted by Crippen LogP contribution is 2.34. The molecule has 0 radical (unpaired) electrons. The third kappa shape index (κ3) is 6.62. The molecule has 2 amide bonds. The van der Waals surface area contributed by atoms with Gasteiger partial charge in [0.15, 0.2) is 11.0 Å². The van der Waals surface area contributed by atoms with Gasteiger partial charge in [-0.05, 0) is 50.1 Å². The van der Waals surface area contributed by atoms with Gasteiger partial charge in [-0.25, -0.2) is 4.79 Å². The zero-order chi connectivity index (χ0) is 27.3. The zero-order valence-corrected chi connectivity index (χ0v) is 23.8. The Balaban J connectivity index is 1.69. The van der Waals surface area contributed by atoms with E-state index in [0.717, 1.165) is 16.9 Å². The van der Waals surface area contributed by atoms with Crippen LogP contribution in [0.4, 0.5) is 5.00 Å². The van der Waals surface area contributed by atoms with E-state index in [2.05, 4.69) is 15.5 Å². The van der Waals surface area contributed by atoms with E-state index in [9.17, 15) is 14.4 Å². The van der Waals surface area contributed by atoms with Crippen LogP contribution in [-0.2, 0) is 22.7 Å². The third-order valence-corrected chi connectivity index (χ3v) is 7.92. The van der Waals surface area contributed by atoms with Crippen molar-refractivity contribution in [2.75, 3.05) is 32.3 Å². The van der Waals surface area contributed by atoms with Gasteiger partial charge in [0.1, 0.15) is 17.4 Å². The van der Waals surface area contributed by atoms with E-state index in [1.54, 1.807) is 33.2 Å². The van der Waals surface area contributed by atoms with Gasteiger partial charge in [-0.3, -0.25) is 9.59 Å². The Bertz CT molecular complexity index is 1320. The molecule has 0 bridgehead atoms. The number of anilines is 1. The minimum absolute atomic E-state index is 0.0177. The molecule has 0 aliphatic heterocycles. The fraction of sp³-hybridized carbons (Fsp3) is 0.375. The van der Waals surface area contributed by atoms with Crippen LogP contribution in [0.3, 0.4) is 0 Å². The Morgan fingerprint density at radius 3 is 2.57 bits per heavy atom. The Hall–Kier alpha value is -3.09. The molecule has 0 atom stereocenters. The van der Waals surface area contributed by atoms with Gasteiger partial charge >= 0.3 is 5.97 Å². The van der Waals surface area contributed by atoms with Gasteiger partial charge in [-0.15, -0.1) is 21.5 Å². The van der Waals surface area contributed by atoms with Crippen molar-refractivity contribution in [2.24, 2.45) is 0 Å². The predicted molar refractivity (Wildman–Crippen MR) is 144 cm³/mol. The number of hydrogen-bond donors (Lipinski definition) is 1. The van der Waals surface area contributed by atoms with Gasteiger partial charge in [0, 0.05) is 25.7 Å². The van der Waals surface area contributed by atoms with Crippen molar-refractivity contribution in [3.63, 3.8) is 0 Å². The third-order valence-electron chi connectivity index (χ3n) is 5.33. The Kier molecular flexibility index (Phi) is 9.57. The highest BCUT2D eigenvalue weighted by molar-refractivity contribution is 7.99. The van der Waals surface area contributed by atoms with Crippen LogP contribution in [0, 0.1) is 13.8 Å². The quantitative estimate of drug-likeness (QED) is 0.283. The van der Waals surface area contributed by atoms with Crippen molar-refractivity contribution in [3.8, 4) is 5.75 Å². The van der Waals surface area contributed by atoms with Crippen LogP contribution < -0.4 is 10.1 Å². The van der Waals surface area contributed by atoms with E-state index in [1.807, 2.05) is 24.5 Å². The van der Waals surface area contributed by atoms with Gasteiger partial charge in [0.2, 0.25) is 5.91 Å². The van der Waals surface area contributed by atoms with Gasteiger partial charge in [-0.1, -0.05) is 23.4 Å². The summed E-state index contributed by atoms with van der Waals surface area (Å²) in [6, 6.07) is 5.41. The Labute approximate surface area is 228 Å². The molecule has 37 heavy (non-hydrogen) atoms. The lowest BCUT2D eigenvalue weighted by molar-refractivity contribution is -0.113. The molecule has 2 heterocycles. The highest BCUT2D eigenvalue weighted by Gasteiger charge is 2.27. The average molecular weight is 566 g/mol. The first kappa shape index (κ1) is 28.5. The summed E-state index contributed by atoms with van der Waals surface area (Å²) in [6.45, 7) is 6.29. The van der Waals surface area contributed by atoms with E-state index in [4.69, 9.17) is 21.1 Å². The standard InChI is InChI=1S/C24H28ClN5O5S2/c1-7-30-17(11-35-15-8-9-16(25)13(2)10-15)27-28-24(30)36-12-18(31)26-21-19(23(33)34-6)14(3)20(37-21)22(32)29(4)5/h8-10H,7,11-12H2,1-6H3,(H,26,31). The largest absolute Gasteiger partial charge is 0.486 e. The highest BCUT2D eigenvalue weighted by atomic mass is 35.5. The minimum atomic E-state index is -0.624. The molecule has 1 aromatic carbocycles. The lowest BCUT2D eigenvalue weighted by Gasteiger charge is -2.10. The smallest absolute Gasteiger partial charge is 0.341 e. The maximum absolute atomic E-state index is 12.8.